The van der Waals surface area contributed by atoms with E-state index in [1.807, 2.05) is 0 Å². The fourth-order valence-corrected chi connectivity index (χ4v) is 1.81. The van der Waals surface area contributed by atoms with E-state index < -0.39 is 11.9 Å². The zero-order valence-corrected chi connectivity index (χ0v) is 13.0. The van der Waals surface area contributed by atoms with Crippen molar-refractivity contribution in [2.45, 2.75) is 34.0 Å². The van der Waals surface area contributed by atoms with E-state index in [4.69, 9.17) is 12.5 Å². The van der Waals surface area contributed by atoms with E-state index in [1.54, 1.807) is 36.1 Å². The maximum absolute atomic E-state index is 11.1. The van der Waals surface area contributed by atoms with Gasteiger partial charge in [-0.3, -0.25) is 14.6 Å². The van der Waals surface area contributed by atoms with Crippen LogP contribution >= 0.6 is 23.0 Å². The highest BCUT2D eigenvalue weighted by Crippen LogP contribution is 2.27. The van der Waals surface area contributed by atoms with Crippen molar-refractivity contribution < 1.29 is 22.1 Å². The Hall–Kier alpha value is -1.22. The standard InChI is InChI=1S/C12H14INO5/c1-7-12(19-9(3)16)11(6-17-8(2)15)10(4-14-7)5-18-13/h4H,5-6H2,1-3H3. The number of aryl methyl sites for hydroxylation is 1. The number of rotatable bonds is 5. The predicted molar refractivity (Wildman–Crippen MR) is 74.6 cm³/mol. The van der Waals surface area contributed by atoms with Gasteiger partial charge in [-0.1, -0.05) is 0 Å². The number of aromatic nitrogens is 1. The summed E-state index contributed by atoms with van der Waals surface area (Å²) >= 11 is 1.75. The Kier molecular flexibility index (Phi) is 6.16. The molecule has 0 aliphatic heterocycles. The molecule has 1 rings (SSSR count). The van der Waals surface area contributed by atoms with Crippen molar-refractivity contribution in [2.24, 2.45) is 0 Å². The summed E-state index contributed by atoms with van der Waals surface area (Å²) in [5, 5.41) is 0. The summed E-state index contributed by atoms with van der Waals surface area (Å²) in [7, 11) is 0. The van der Waals surface area contributed by atoms with Crippen LogP contribution in [0.5, 0.6) is 5.75 Å². The van der Waals surface area contributed by atoms with Gasteiger partial charge >= 0.3 is 11.9 Å². The molecule has 0 unspecified atom stereocenters. The zero-order valence-electron chi connectivity index (χ0n) is 10.9. The highest BCUT2D eigenvalue weighted by Gasteiger charge is 2.17. The van der Waals surface area contributed by atoms with Crippen molar-refractivity contribution in [3.8, 4) is 5.75 Å². The first-order chi connectivity index (χ1) is 8.95. The molecule has 0 aliphatic carbocycles. The average molecular weight is 379 g/mol. The molecular weight excluding hydrogens is 365 g/mol. The second-order valence-corrected chi connectivity index (χ2v) is 4.43. The minimum absolute atomic E-state index is 0.0106. The van der Waals surface area contributed by atoms with E-state index in [0.717, 1.165) is 0 Å². The lowest BCUT2D eigenvalue weighted by Gasteiger charge is -2.14. The predicted octanol–water partition coefficient (Wildman–Crippen LogP) is 2.25. The SMILES string of the molecule is CC(=O)OCc1c(COI)cnc(C)c1OC(C)=O. The second-order valence-electron chi connectivity index (χ2n) is 3.80. The molecule has 0 fully saturated rings. The Morgan fingerprint density at radius 3 is 2.47 bits per heavy atom. The molecule has 104 valence electrons. The highest BCUT2D eigenvalue weighted by atomic mass is 127. The van der Waals surface area contributed by atoms with Crippen LogP contribution in [0.2, 0.25) is 0 Å². The molecule has 6 nitrogen and oxygen atoms in total. The van der Waals surface area contributed by atoms with Gasteiger partial charge in [0.15, 0.2) is 5.75 Å². The summed E-state index contributed by atoms with van der Waals surface area (Å²) in [6, 6.07) is 0. The quantitative estimate of drug-likeness (QED) is 0.577. The fraction of sp³-hybridized carbons (Fsp3) is 0.417. The minimum atomic E-state index is -0.457. The van der Waals surface area contributed by atoms with Gasteiger partial charge in [0, 0.05) is 31.2 Å². The molecule has 0 spiro atoms. The Balaban J connectivity index is 3.18. The largest absolute Gasteiger partial charge is 0.461 e. The van der Waals surface area contributed by atoms with Gasteiger partial charge in [0.1, 0.15) is 29.6 Å². The Morgan fingerprint density at radius 1 is 1.26 bits per heavy atom. The first-order valence-corrected chi connectivity index (χ1v) is 6.36. The van der Waals surface area contributed by atoms with E-state index >= 15 is 0 Å². The lowest BCUT2D eigenvalue weighted by Crippen LogP contribution is -2.11. The molecule has 0 aromatic carbocycles. The fourth-order valence-electron chi connectivity index (χ4n) is 1.47. The summed E-state index contributed by atoms with van der Waals surface area (Å²) < 4.78 is 15.1. The van der Waals surface area contributed by atoms with Crippen LogP contribution < -0.4 is 4.74 Å². The molecular formula is C12H14INO5. The van der Waals surface area contributed by atoms with Crippen molar-refractivity contribution in [3.63, 3.8) is 0 Å². The summed E-state index contributed by atoms with van der Waals surface area (Å²) in [6.45, 7) is 4.62. The third-order valence-corrected chi connectivity index (χ3v) is 2.59. The second kappa shape index (κ2) is 7.39. The maximum atomic E-state index is 11.1. The van der Waals surface area contributed by atoms with Crippen LogP contribution in [0.15, 0.2) is 6.20 Å². The van der Waals surface area contributed by atoms with Crippen molar-refractivity contribution in [2.75, 3.05) is 0 Å². The van der Waals surface area contributed by atoms with E-state index in [-0.39, 0.29) is 13.2 Å². The molecule has 0 saturated carbocycles. The van der Waals surface area contributed by atoms with Crippen molar-refractivity contribution in [1.82, 2.24) is 4.98 Å². The number of hydrogen-bond acceptors (Lipinski definition) is 6. The number of carbonyl (C=O) groups is 2. The Morgan fingerprint density at radius 2 is 1.95 bits per heavy atom. The number of esters is 2. The van der Waals surface area contributed by atoms with E-state index in [9.17, 15) is 9.59 Å². The number of ether oxygens (including phenoxy) is 2. The summed E-state index contributed by atoms with van der Waals surface area (Å²) in [6.07, 6.45) is 1.61. The van der Waals surface area contributed by atoms with Gasteiger partial charge in [0.2, 0.25) is 0 Å². The van der Waals surface area contributed by atoms with Crippen LogP contribution in [-0.2, 0) is 30.6 Å². The van der Waals surface area contributed by atoms with Crippen LogP contribution in [-0.4, -0.2) is 16.9 Å². The van der Waals surface area contributed by atoms with Gasteiger partial charge in [0.25, 0.3) is 0 Å². The van der Waals surface area contributed by atoms with Crippen molar-refractivity contribution >= 4 is 34.9 Å². The number of nitrogens with zero attached hydrogens (tertiary/aromatic N) is 1. The Bertz CT molecular complexity index is 489. The van der Waals surface area contributed by atoms with Crippen LogP contribution in [0.1, 0.15) is 30.7 Å². The lowest BCUT2D eigenvalue weighted by molar-refractivity contribution is -0.142. The molecule has 0 radical (unpaired) electrons. The molecule has 0 saturated heterocycles. The smallest absolute Gasteiger partial charge is 0.308 e. The van der Waals surface area contributed by atoms with Crippen LogP contribution in [0.25, 0.3) is 0 Å². The summed E-state index contributed by atoms with van der Waals surface area (Å²) in [5.41, 5.74) is 1.85. The van der Waals surface area contributed by atoms with Gasteiger partial charge in [-0.2, -0.15) is 0 Å². The molecule has 1 aromatic rings. The van der Waals surface area contributed by atoms with E-state index in [1.165, 1.54) is 13.8 Å². The molecule has 0 aliphatic rings. The molecule has 1 heterocycles. The average Bonchev–Trinajstić information content (AvgIpc) is 2.32. The zero-order chi connectivity index (χ0) is 14.4. The number of hydrogen-bond donors (Lipinski definition) is 0. The monoisotopic (exact) mass is 379 g/mol. The first kappa shape index (κ1) is 15.8. The van der Waals surface area contributed by atoms with Crippen molar-refractivity contribution in [1.29, 1.82) is 0 Å². The maximum Gasteiger partial charge on any atom is 0.308 e. The van der Waals surface area contributed by atoms with Gasteiger partial charge in [-0.05, 0) is 6.92 Å². The van der Waals surface area contributed by atoms with Crippen LogP contribution in [0.3, 0.4) is 0 Å². The van der Waals surface area contributed by atoms with Gasteiger partial charge in [-0.25, -0.2) is 0 Å². The third kappa shape index (κ3) is 4.75. The van der Waals surface area contributed by atoms with Gasteiger partial charge in [-0.15, -0.1) is 0 Å². The minimum Gasteiger partial charge on any atom is -0.461 e. The number of carbonyl (C=O) groups excluding carboxylic acids is 2. The van der Waals surface area contributed by atoms with E-state index in [2.05, 4.69) is 4.98 Å². The molecule has 0 atom stereocenters. The first-order valence-electron chi connectivity index (χ1n) is 5.48. The normalized spacial score (nSPS) is 10.1. The molecule has 19 heavy (non-hydrogen) atoms. The third-order valence-electron chi connectivity index (χ3n) is 2.28. The Labute approximate surface area is 125 Å². The van der Waals surface area contributed by atoms with Gasteiger partial charge in [0.05, 0.1) is 12.3 Å². The molecule has 0 bridgehead atoms. The highest BCUT2D eigenvalue weighted by molar-refractivity contribution is 14.1. The molecule has 7 heteroatoms. The number of pyridine rings is 1. The summed E-state index contributed by atoms with van der Waals surface area (Å²) in [4.78, 5) is 26.2. The molecule has 0 amide bonds. The number of halogens is 1. The topological polar surface area (TPSA) is 74.7 Å². The van der Waals surface area contributed by atoms with Crippen molar-refractivity contribution in [3.05, 3.63) is 23.0 Å². The van der Waals surface area contributed by atoms with E-state index in [0.29, 0.717) is 22.6 Å². The molecule has 0 N–H and O–H groups in total. The van der Waals surface area contributed by atoms with Crippen LogP contribution in [0.4, 0.5) is 0 Å². The van der Waals surface area contributed by atoms with Gasteiger partial charge < -0.3 is 12.5 Å². The molecule has 1 aromatic heterocycles. The van der Waals surface area contributed by atoms with Crippen LogP contribution in [0, 0.1) is 6.92 Å². The summed E-state index contributed by atoms with van der Waals surface area (Å²) in [5.74, 6) is -0.550. The lowest BCUT2D eigenvalue weighted by atomic mass is 10.1.